The molecule has 0 saturated heterocycles. The lowest BCUT2D eigenvalue weighted by atomic mass is 10.1. The van der Waals surface area contributed by atoms with Crippen LogP contribution in [0.2, 0.25) is 0 Å². The highest BCUT2D eigenvalue weighted by molar-refractivity contribution is 9.08. The van der Waals surface area contributed by atoms with Crippen molar-refractivity contribution in [3.63, 3.8) is 0 Å². The van der Waals surface area contributed by atoms with E-state index in [-0.39, 0.29) is 0 Å². The molecule has 0 heterocycles. The lowest BCUT2D eigenvalue weighted by Crippen LogP contribution is -1.82. The van der Waals surface area contributed by atoms with E-state index in [1.54, 1.807) is 0 Å². The number of alkyl halides is 1. The number of benzene rings is 1. The van der Waals surface area contributed by atoms with Gasteiger partial charge in [0, 0.05) is 11.4 Å². The predicted octanol–water partition coefficient (Wildman–Crippen LogP) is 3.43. The van der Waals surface area contributed by atoms with Crippen molar-refractivity contribution >= 4 is 22.0 Å². The average Bonchev–Trinajstić information content (AvgIpc) is 2.14. The second kappa shape index (κ2) is 4.84. The van der Waals surface area contributed by atoms with E-state index in [1.165, 1.54) is 17.2 Å². The summed E-state index contributed by atoms with van der Waals surface area (Å²) in [5, 5.41) is 9.23. The molecular formula is C11H10BrN. The van der Waals surface area contributed by atoms with Crippen molar-refractivity contribution in [2.45, 2.75) is 12.3 Å². The monoisotopic (exact) mass is 235 g/mol. The molecule has 1 nitrogen and oxygen atoms in total. The van der Waals surface area contributed by atoms with E-state index in [0.717, 1.165) is 10.9 Å². The maximum absolute atomic E-state index is 8.38. The summed E-state index contributed by atoms with van der Waals surface area (Å²) in [6, 6.07) is 8.22. The number of nitriles is 1. The van der Waals surface area contributed by atoms with Crippen LogP contribution in [0.5, 0.6) is 0 Å². The molecule has 0 saturated carbocycles. The first kappa shape index (κ1) is 10.0. The maximum Gasteiger partial charge on any atom is 0.0912 e. The maximum atomic E-state index is 8.38. The molecule has 0 aliphatic rings. The molecule has 1 aromatic rings. The van der Waals surface area contributed by atoms with Crippen LogP contribution in [-0.4, -0.2) is 0 Å². The van der Waals surface area contributed by atoms with Gasteiger partial charge in [0.1, 0.15) is 0 Å². The summed E-state index contributed by atoms with van der Waals surface area (Å²) in [5.74, 6) is 0. The van der Waals surface area contributed by atoms with Crippen molar-refractivity contribution in [1.82, 2.24) is 0 Å². The van der Waals surface area contributed by atoms with Crippen LogP contribution < -0.4 is 0 Å². The van der Waals surface area contributed by atoms with Gasteiger partial charge in [-0.15, -0.1) is 0 Å². The van der Waals surface area contributed by atoms with E-state index in [2.05, 4.69) is 41.1 Å². The number of hydrogen-bond donors (Lipinski definition) is 0. The summed E-state index contributed by atoms with van der Waals surface area (Å²) in [5.41, 5.74) is 3.53. The Balaban J connectivity index is 3.03. The lowest BCUT2D eigenvalue weighted by Gasteiger charge is -2.00. The Morgan fingerprint density at radius 2 is 2.23 bits per heavy atom. The zero-order chi connectivity index (χ0) is 9.68. The molecule has 1 aromatic carbocycles. The number of rotatable bonds is 2. The molecule has 0 radical (unpaired) electrons. The summed E-state index contributed by atoms with van der Waals surface area (Å²) in [7, 11) is 0. The van der Waals surface area contributed by atoms with Gasteiger partial charge in [0.15, 0.2) is 0 Å². The molecule has 0 spiro atoms. The average molecular weight is 236 g/mol. The standard InChI is InChI=1S/C11H10BrN/c1-9-5-10(3-2-4-13)7-11(6-9)8-12/h2-3,5-7H,8H2,1H3/b3-2+. The third-order valence-corrected chi connectivity index (χ3v) is 2.31. The molecule has 66 valence electrons. The van der Waals surface area contributed by atoms with Crippen LogP contribution in [0.25, 0.3) is 6.08 Å². The Bertz CT molecular complexity index is 361. The quantitative estimate of drug-likeness (QED) is 0.570. The number of hydrogen-bond acceptors (Lipinski definition) is 1. The Morgan fingerprint density at radius 3 is 2.85 bits per heavy atom. The molecule has 0 aromatic heterocycles. The fourth-order valence-corrected chi connectivity index (χ4v) is 1.53. The van der Waals surface area contributed by atoms with Crippen LogP contribution in [0, 0.1) is 18.3 Å². The van der Waals surface area contributed by atoms with E-state index in [9.17, 15) is 0 Å². The van der Waals surface area contributed by atoms with Gasteiger partial charge < -0.3 is 0 Å². The minimum Gasteiger partial charge on any atom is -0.193 e. The zero-order valence-electron chi connectivity index (χ0n) is 7.42. The van der Waals surface area contributed by atoms with E-state index >= 15 is 0 Å². The molecule has 1 rings (SSSR count). The Morgan fingerprint density at radius 1 is 1.46 bits per heavy atom. The van der Waals surface area contributed by atoms with Gasteiger partial charge in [0.2, 0.25) is 0 Å². The molecule has 0 amide bonds. The van der Waals surface area contributed by atoms with Crippen LogP contribution >= 0.6 is 15.9 Å². The van der Waals surface area contributed by atoms with Gasteiger partial charge in [0.05, 0.1) is 6.07 Å². The van der Waals surface area contributed by atoms with E-state index in [4.69, 9.17) is 5.26 Å². The van der Waals surface area contributed by atoms with Crippen LogP contribution in [0.1, 0.15) is 16.7 Å². The zero-order valence-corrected chi connectivity index (χ0v) is 9.01. The van der Waals surface area contributed by atoms with Gasteiger partial charge in [-0.2, -0.15) is 5.26 Å². The highest BCUT2D eigenvalue weighted by Crippen LogP contribution is 2.13. The van der Waals surface area contributed by atoms with Crippen LogP contribution in [0.4, 0.5) is 0 Å². The fourth-order valence-electron chi connectivity index (χ4n) is 1.20. The van der Waals surface area contributed by atoms with Gasteiger partial charge in [-0.3, -0.25) is 0 Å². The molecule has 13 heavy (non-hydrogen) atoms. The first-order valence-corrected chi connectivity index (χ1v) is 5.11. The Hall–Kier alpha value is -1.07. The minimum atomic E-state index is 0.849. The largest absolute Gasteiger partial charge is 0.193 e. The highest BCUT2D eigenvalue weighted by Gasteiger charge is 1.94. The molecule has 2 heteroatoms. The van der Waals surface area contributed by atoms with Crippen molar-refractivity contribution in [3.8, 4) is 6.07 Å². The van der Waals surface area contributed by atoms with E-state index < -0.39 is 0 Å². The second-order valence-electron chi connectivity index (χ2n) is 2.85. The molecule has 0 fully saturated rings. The first-order valence-electron chi connectivity index (χ1n) is 3.99. The van der Waals surface area contributed by atoms with Crippen molar-refractivity contribution in [2.24, 2.45) is 0 Å². The summed E-state index contributed by atoms with van der Waals surface area (Å²) < 4.78 is 0. The second-order valence-corrected chi connectivity index (χ2v) is 3.41. The minimum absolute atomic E-state index is 0.849. The van der Waals surface area contributed by atoms with Crippen molar-refractivity contribution in [3.05, 3.63) is 41.0 Å². The molecule has 0 unspecified atom stereocenters. The van der Waals surface area contributed by atoms with Crippen LogP contribution in [0.3, 0.4) is 0 Å². The van der Waals surface area contributed by atoms with Gasteiger partial charge in [-0.05, 0) is 24.1 Å². The van der Waals surface area contributed by atoms with E-state index in [1.807, 2.05) is 12.1 Å². The fraction of sp³-hybridized carbons (Fsp3) is 0.182. The van der Waals surface area contributed by atoms with Crippen LogP contribution in [-0.2, 0) is 5.33 Å². The molecule has 0 bridgehead atoms. The molecule has 0 atom stereocenters. The molecular weight excluding hydrogens is 226 g/mol. The van der Waals surface area contributed by atoms with Crippen LogP contribution in [0.15, 0.2) is 24.3 Å². The summed E-state index contributed by atoms with van der Waals surface area (Å²) >= 11 is 3.40. The third-order valence-electron chi connectivity index (χ3n) is 1.66. The molecule has 0 aliphatic heterocycles. The number of nitrogens with zero attached hydrogens (tertiary/aromatic N) is 1. The van der Waals surface area contributed by atoms with Crippen molar-refractivity contribution < 1.29 is 0 Å². The first-order chi connectivity index (χ1) is 6.26. The topological polar surface area (TPSA) is 23.8 Å². The normalized spacial score (nSPS) is 10.2. The van der Waals surface area contributed by atoms with Crippen molar-refractivity contribution in [2.75, 3.05) is 0 Å². The van der Waals surface area contributed by atoms with Gasteiger partial charge in [-0.25, -0.2) is 0 Å². The van der Waals surface area contributed by atoms with E-state index in [0.29, 0.717) is 0 Å². The summed E-state index contributed by atoms with van der Waals surface area (Å²) in [4.78, 5) is 0. The van der Waals surface area contributed by atoms with Gasteiger partial charge >= 0.3 is 0 Å². The van der Waals surface area contributed by atoms with Gasteiger partial charge in [0.25, 0.3) is 0 Å². The molecule has 0 N–H and O–H groups in total. The Labute approximate surface area is 86.8 Å². The third kappa shape index (κ3) is 3.04. The number of allylic oxidation sites excluding steroid dienone is 1. The highest BCUT2D eigenvalue weighted by atomic mass is 79.9. The van der Waals surface area contributed by atoms with Gasteiger partial charge in [-0.1, -0.05) is 39.7 Å². The predicted molar refractivity (Wildman–Crippen MR) is 58.5 cm³/mol. The Kier molecular flexibility index (Phi) is 3.72. The SMILES string of the molecule is Cc1cc(/C=C/C#N)cc(CBr)c1. The number of halogens is 1. The smallest absolute Gasteiger partial charge is 0.0912 e. The summed E-state index contributed by atoms with van der Waals surface area (Å²) in [6.45, 7) is 2.05. The lowest BCUT2D eigenvalue weighted by molar-refractivity contribution is 1.36. The molecule has 0 aliphatic carbocycles. The van der Waals surface area contributed by atoms with Crippen molar-refractivity contribution in [1.29, 1.82) is 5.26 Å². The summed E-state index contributed by atoms with van der Waals surface area (Å²) in [6.07, 6.45) is 3.31. The number of aryl methyl sites for hydroxylation is 1.